The molecule has 0 N–H and O–H groups in total. The molecule has 0 spiro atoms. The zero-order valence-corrected chi connectivity index (χ0v) is 14.0. The molecule has 0 unspecified atom stereocenters. The molecule has 106 valence electrons. The standard InChI is InChI=1S/C19H21NSi/c1-21(2,3)13-20-18-11-7-6-10-16(18)17-12-14-8-4-5-9-15(14)19(17)20/h4-11H,12-13H2,1-3H3. The molecule has 1 heterocycles. The zero-order chi connectivity index (χ0) is 14.6. The third kappa shape index (κ3) is 1.97. The fourth-order valence-electron chi connectivity index (χ4n) is 3.60. The first kappa shape index (κ1) is 12.9. The molecule has 0 amide bonds. The number of hydrogen-bond acceptors (Lipinski definition) is 0. The van der Waals surface area contributed by atoms with E-state index in [9.17, 15) is 0 Å². The topological polar surface area (TPSA) is 4.93 Å². The van der Waals surface area contributed by atoms with E-state index in [0.29, 0.717) is 0 Å². The van der Waals surface area contributed by atoms with Crippen LogP contribution < -0.4 is 0 Å². The first-order valence-electron chi connectivity index (χ1n) is 7.73. The third-order valence-corrected chi connectivity index (χ3v) is 5.61. The van der Waals surface area contributed by atoms with Crippen molar-refractivity contribution in [2.45, 2.75) is 32.2 Å². The minimum absolute atomic E-state index is 1.09. The van der Waals surface area contributed by atoms with Gasteiger partial charge in [0.25, 0.3) is 0 Å². The van der Waals surface area contributed by atoms with Crippen LogP contribution in [-0.2, 0) is 12.6 Å². The van der Waals surface area contributed by atoms with Gasteiger partial charge in [-0.3, -0.25) is 0 Å². The Morgan fingerprint density at radius 1 is 0.952 bits per heavy atom. The highest BCUT2D eigenvalue weighted by molar-refractivity contribution is 6.75. The molecule has 4 rings (SSSR count). The van der Waals surface area contributed by atoms with Crippen LogP contribution in [0.2, 0.25) is 19.6 Å². The van der Waals surface area contributed by atoms with Crippen molar-refractivity contribution in [3.05, 3.63) is 59.7 Å². The number of benzene rings is 2. The van der Waals surface area contributed by atoms with Gasteiger partial charge in [0.1, 0.15) is 0 Å². The van der Waals surface area contributed by atoms with E-state index < -0.39 is 8.07 Å². The van der Waals surface area contributed by atoms with Crippen LogP contribution in [-0.4, -0.2) is 12.6 Å². The van der Waals surface area contributed by atoms with Gasteiger partial charge in [-0.2, -0.15) is 0 Å². The van der Waals surface area contributed by atoms with Crippen LogP contribution in [0.15, 0.2) is 48.5 Å². The molecule has 1 aliphatic carbocycles. The van der Waals surface area contributed by atoms with Gasteiger partial charge >= 0.3 is 0 Å². The quantitative estimate of drug-likeness (QED) is 0.453. The summed E-state index contributed by atoms with van der Waals surface area (Å²) < 4.78 is 2.60. The lowest BCUT2D eigenvalue weighted by Gasteiger charge is -2.20. The second-order valence-corrected chi connectivity index (χ2v) is 12.8. The lowest BCUT2D eigenvalue weighted by molar-refractivity contribution is 0.906. The highest BCUT2D eigenvalue weighted by Gasteiger charge is 2.28. The van der Waals surface area contributed by atoms with Crippen molar-refractivity contribution < 1.29 is 0 Å². The zero-order valence-electron chi connectivity index (χ0n) is 13.0. The van der Waals surface area contributed by atoms with Gasteiger partial charge in [0.2, 0.25) is 0 Å². The molecule has 0 saturated carbocycles. The van der Waals surface area contributed by atoms with E-state index >= 15 is 0 Å². The van der Waals surface area contributed by atoms with Crippen molar-refractivity contribution in [3.8, 4) is 11.3 Å². The van der Waals surface area contributed by atoms with E-state index in [2.05, 4.69) is 72.7 Å². The molecule has 0 fully saturated rings. The van der Waals surface area contributed by atoms with Gasteiger partial charge in [-0.15, -0.1) is 0 Å². The third-order valence-electron chi connectivity index (χ3n) is 4.35. The Kier molecular flexibility index (Phi) is 2.67. The average Bonchev–Trinajstić information content (AvgIpc) is 2.95. The number of fused-ring (bicyclic) bond motifs is 5. The Hall–Kier alpha value is -1.80. The highest BCUT2D eigenvalue weighted by atomic mass is 28.3. The Labute approximate surface area is 127 Å². The summed E-state index contributed by atoms with van der Waals surface area (Å²) in [7, 11) is -1.18. The number of aromatic nitrogens is 1. The Morgan fingerprint density at radius 3 is 2.48 bits per heavy atom. The number of hydrogen-bond donors (Lipinski definition) is 0. The average molecular weight is 291 g/mol. The molecule has 1 aliphatic rings. The van der Waals surface area contributed by atoms with Gasteiger partial charge in [-0.25, -0.2) is 0 Å². The fraction of sp³-hybridized carbons (Fsp3) is 0.263. The number of para-hydroxylation sites is 1. The van der Waals surface area contributed by atoms with E-state index in [0.717, 1.165) is 6.42 Å². The largest absolute Gasteiger partial charge is 0.343 e. The molecular weight excluding hydrogens is 270 g/mol. The second-order valence-electron chi connectivity index (χ2n) is 7.33. The summed E-state index contributed by atoms with van der Waals surface area (Å²) in [5, 5.41) is 1.45. The van der Waals surface area contributed by atoms with E-state index in [4.69, 9.17) is 0 Å². The summed E-state index contributed by atoms with van der Waals surface area (Å²) in [6.45, 7) is 7.36. The normalized spacial score (nSPS) is 13.5. The molecule has 1 nitrogen and oxygen atoms in total. The molecule has 2 aromatic carbocycles. The van der Waals surface area contributed by atoms with Crippen LogP contribution >= 0.6 is 0 Å². The van der Waals surface area contributed by atoms with Crippen LogP contribution in [0, 0.1) is 0 Å². The summed E-state index contributed by atoms with van der Waals surface area (Å²) in [5.41, 5.74) is 7.36. The predicted octanol–water partition coefficient (Wildman–Crippen LogP) is 5.09. The Bertz CT molecular complexity index is 836. The minimum Gasteiger partial charge on any atom is -0.343 e. The van der Waals surface area contributed by atoms with Gasteiger partial charge in [0, 0.05) is 29.1 Å². The van der Waals surface area contributed by atoms with Crippen LogP contribution in [0.3, 0.4) is 0 Å². The van der Waals surface area contributed by atoms with Gasteiger partial charge in [0.15, 0.2) is 0 Å². The molecule has 2 heteroatoms. The molecule has 3 aromatic rings. The van der Waals surface area contributed by atoms with Gasteiger partial charge < -0.3 is 4.57 Å². The van der Waals surface area contributed by atoms with Crippen LogP contribution in [0.4, 0.5) is 0 Å². The van der Waals surface area contributed by atoms with Crippen molar-refractivity contribution in [3.63, 3.8) is 0 Å². The Morgan fingerprint density at radius 2 is 1.67 bits per heavy atom. The molecule has 0 bridgehead atoms. The molecule has 0 aliphatic heterocycles. The van der Waals surface area contributed by atoms with E-state index in [1.165, 1.54) is 39.5 Å². The maximum atomic E-state index is 2.60. The summed E-state index contributed by atoms with van der Waals surface area (Å²) in [5.74, 6) is 0. The van der Waals surface area contributed by atoms with Crippen LogP contribution in [0.5, 0.6) is 0 Å². The monoisotopic (exact) mass is 291 g/mol. The molecule has 0 saturated heterocycles. The summed E-state index contributed by atoms with van der Waals surface area (Å²) in [6.07, 6.45) is 2.28. The smallest absolute Gasteiger partial charge is 0.0671 e. The fourth-order valence-corrected chi connectivity index (χ4v) is 4.87. The number of nitrogens with zero attached hydrogens (tertiary/aromatic N) is 1. The second kappa shape index (κ2) is 4.34. The molecule has 1 aromatic heterocycles. The van der Waals surface area contributed by atoms with Crippen LogP contribution in [0.1, 0.15) is 11.1 Å². The van der Waals surface area contributed by atoms with Gasteiger partial charge in [-0.05, 0) is 17.2 Å². The van der Waals surface area contributed by atoms with Gasteiger partial charge in [0.05, 0.1) is 13.8 Å². The maximum absolute atomic E-state index is 2.60. The van der Waals surface area contributed by atoms with Crippen molar-refractivity contribution in [2.75, 3.05) is 0 Å². The minimum atomic E-state index is -1.18. The van der Waals surface area contributed by atoms with Crippen LogP contribution in [0.25, 0.3) is 22.2 Å². The van der Waals surface area contributed by atoms with E-state index in [-0.39, 0.29) is 0 Å². The Balaban J connectivity index is 2.05. The SMILES string of the molecule is C[Si](C)(C)Cn1c2c(c3ccccc31)Cc1ccccc1-2. The summed E-state index contributed by atoms with van der Waals surface area (Å²) in [6, 6.07) is 17.8. The molecule has 21 heavy (non-hydrogen) atoms. The van der Waals surface area contributed by atoms with Crippen molar-refractivity contribution >= 4 is 19.0 Å². The summed E-state index contributed by atoms with van der Waals surface area (Å²) >= 11 is 0. The van der Waals surface area contributed by atoms with E-state index in [1.807, 2.05) is 0 Å². The lowest BCUT2D eigenvalue weighted by atomic mass is 10.1. The molecule has 0 atom stereocenters. The highest BCUT2D eigenvalue weighted by Crippen LogP contribution is 2.42. The first-order chi connectivity index (χ1) is 10.0. The first-order valence-corrected chi connectivity index (χ1v) is 11.4. The molecule has 0 radical (unpaired) electrons. The summed E-state index contributed by atoms with van der Waals surface area (Å²) in [4.78, 5) is 0. The maximum Gasteiger partial charge on any atom is 0.0671 e. The van der Waals surface area contributed by atoms with E-state index in [1.54, 1.807) is 0 Å². The van der Waals surface area contributed by atoms with Crippen molar-refractivity contribution in [1.29, 1.82) is 0 Å². The number of rotatable bonds is 2. The molecular formula is C19H21NSi. The lowest BCUT2D eigenvalue weighted by Crippen LogP contribution is -2.28. The van der Waals surface area contributed by atoms with Crippen molar-refractivity contribution in [1.82, 2.24) is 4.57 Å². The van der Waals surface area contributed by atoms with Gasteiger partial charge in [-0.1, -0.05) is 62.1 Å². The van der Waals surface area contributed by atoms with Crippen molar-refractivity contribution in [2.24, 2.45) is 0 Å². The predicted molar refractivity (Wildman–Crippen MR) is 93.5 cm³/mol.